The van der Waals surface area contributed by atoms with Crippen LogP contribution in [0.4, 0.5) is 4.79 Å². The highest BCUT2D eigenvalue weighted by Crippen LogP contribution is 2.23. The van der Waals surface area contributed by atoms with Gasteiger partial charge in [0.2, 0.25) is 0 Å². The van der Waals surface area contributed by atoms with E-state index in [1.54, 1.807) is 17.0 Å². The third-order valence-corrected chi connectivity index (χ3v) is 2.98. The number of halogens is 2. The first-order valence-corrected chi connectivity index (χ1v) is 5.67. The highest BCUT2D eigenvalue weighted by atomic mass is 35.5. The van der Waals surface area contributed by atoms with Crippen molar-refractivity contribution in [3.05, 3.63) is 33.8 Å². The van der Waals surface area contributed by atoms with Crippen LogP contribution in [0.1, 0.15) is 19.4 Å². The van der Waals surface area contributed by atoms with Gasteiger partial charge in [-0.3, -0.25) is 0 Å². The van der Waals surface area contributed by atoms with E-state index in [-0.39, 0.29) is 6.04 Å². The minimum absolute atomic E-state index is 0.0481. The molecule has 0 spiro atoms. The zero-order valence-corrected chi connectivity index (χ0v) is 10.7. The molecule has 1 aromatic carbocycles. The van der Waals surface area contributed by atoms with Crippen molar-refractivity contribution in [1.29, 1.82) is 0 Å². The standard InChI is InChI=1S/C11H14Cl2N2O/c1-7(2)15(11(14)16)6-8-3-4-9(12)10(13)5-8/h3-5,7H,6H2,1-2H3,(H2,14,16). The van der Waals surface area contributed by atoms with Crippen molar-refractivity contribution >= 4 is 29.2 Å². The Hall–Kier alpha value is -0.930. The summed E-state index contributed by atoms with van der Waals surface area (Å²) in [5, 5.41) is 0.980. The van der Waals surface area contributed by atoms with Gasteiger partial charge in [-0.05, 0) is 31.5 Å². The second-order valence-corrected chi connectivity index (χ2v) is 4.62. The minimum Gasteiger partial charge on any atom is -0.351 e. The van der Waals surface area contributed by atoms with Crippen molar-refractivity contribution in [2.75, 3.05) is 0 Å². The Morgan fingerprint density at radius 2 is 2.00 bits per heavy atom. The molecule has 3 nitrogen and oxygen atoms in total. The molecule has 0 aliphatic carbocycles. The maximum atomic E-state index is 11.2. The van der Waals surface area contributed by atoms with Gasteiger partial charge in [-0.15, -0.1) is 0 Å². The molecular weight excluding hydrogens is 247 g/mol. The first-order valence-electron chi connectivity index (χ1n) is 4.92. The number of carbonyl (C=O) groups excluding carboxylic acids is 1. The van der Waals surface area contributed by atoms with Gasteiger partial charge in [0.1, 0.15) is 0 Å². The predicted molar refractivity (Wildman–Crippen MR) is 66.7 cm³/mol. The van der Waals surface area contributed by atoms with Gasteiger partial charge in [0.25, 0.3) is 0 Å². The molecule has 16 heavy (non-hydrogen) atoms. The summed E-state index contributed by atoms with van der Waals surface area (Å²) in [5.74, 6) is 0. The van der Waals surface area contributed by atoms with Crippen molar-refractivity contribution in [3.8, 4) is 0 Å². The summed E-state index contributed by atoms with van der Waals surface area (Å²) in [4.78, 5) is 12.7. The average molecular weight is 261 g/mol. The average Bonchev–Trinajstić information content (AvgIpc) is 2.18. The fourth-order valence-electron chi connectivity index (χ4n) is 1.35. The molecule has 2 amide bonds. The Bertz CT molecular complexity index is 394. The molecule has 0 aliphatic rings. The second-order valence-electron chi connectivity index (χ2n) is 3.81. The molecule has 0 fully saturated rings. The summed E-state index contributed by atoms with van der Waals surface area (Å²) in [5.41, 5.74) is 6.19. The Labute approximate surface area is 105 Å². The lowest BCUT2D eigenvalue weighted by molar-refractivity contribution is 0.189. The number of hydrogen-bond donors (Lipinski definition) is 1. The fraction of sp³-hybridized carbons (Fsp3) is 0.364. The highest BCUT2D eigenvalue weighted by Gasteiger charge is 2.14. The summed E-state index contributed by atoms with van der Waals surface area (Å²) in [6.45, 7) is 4.24. The van der Waals surface area contributed by atoms with Gasteiger partial charge >= 0.3 is 6.03 Å². The van der Waals surface area contributed by atoms with E-state index in [4.69, 9.17) is 28.9 Å². The van der Waals surface area contributed by atoms with Crippen LogP contribution < -0.4 is 5.73 Å². The molecule has 1 rings (SSSR count). The molecular formula is C11H14Cl2N2O. The van der Waals surface area contributed by atoms with E-state index in [9.17, 15) is 4.79 Å². The van der Waals surface area contributed by atoms with Gasteiger partial charge in [-0.25, -0.2) is 4.79 Å². The van der Waals surface area contributed by atoms with Gasteiger partial charge in [0.15, 0.2) is 0 Å². The zero-order chi connectivity index (χ0) is 12.3. The van der Waals surface area contributed by atoms with Crippen molar-refractivity contribution in [1.82, 2.24) is 4.90 Å². The first kappa shape index (κ1) is 13.1. The van der Waals surface area contributed by atoms with Crippen LogP contribution in [-0.4, -0.2) is 17.0 Å². The quantitative estimate of drug-likeness (QED) is 0.891. The van der Waals surface area contributed by atoms with Crippen LogP contribution in [0.25, 0.3) is 0 Å². The Morgan fingerprint density at radius 1 is 1.38 bits per heavy atom. The molecule has 1 aromatic rings. The number of benzene rings is 1. The molecule has 2 N–H and O–H groups in total. The number of primary amides is 1. The van der Waals surface area contributed by atoms with E-state index in [0.717, 1.165) is 5.56 Å². The number of urea groups is 1. The van der Waals surface area contributed by atoms with E-state index in [2.05, 4.69) is 0 Å². The summed E-state index contributed by atoms with van der Waals surface area (Å²) >= 11 is 11.7. The number of rotatable bonds is 3. The van der Waals surface area contributed by atoms with Gasteiger partial charge in [-0.1, -0.05) is 29.3 Å². The second kappa shape index (κ2) is 5.41. The number of nitrogens with two attached hydrogens (primary N) is 1. The molecule has 5 heteroatoms. The molecule has 0 heterocycles. The van der Waals surface area contributed by atoms with Crippen molar-refractivity contribution in [3.63, 3.8) is 0 Å². The third-order valence-electron chi connectivity index (χ3n) is 2.24. The largest absolute Gasteiger partial charge is 0.351 e. The van der Waals surface area contributed by atoms with Crippen LogP contribution in [-0.2, 0) is 6.54 Å². The topological polar surface area (TPSA) is 46.3 Å². The van der Waals surface area contributed by atoms with Crippen LogP contribution in [0.3, 0.4) is 0 Å². The summed E-state index contributed by atoms with van der Waals surface area (Å²) < 4.78 is 0. The minimum atomic E-state index is -0.443. The third kappa shape index (κ3) is 3.29. The van der Waals surface area contributed by atoms with Crippen LogP contribution in [0.15, 0.2) is 18.2 Å². The van der Waals surface area contributed by atoms with E-state index < -0.39 is 6.03 Å². The molecule has 0 saturated heterocycles. The molecule has 0 atom stereocenters. The Balaban J connectivity index is 2.86. The van der Waals surface area contributed by atoms with Gasteiger partial charge in [-0.2, -0.15) is 0 Å². The number of amides is 2. The molecule has 0 aromatic heterocycles. The SMILES string of the molecule is CC(C)N(Cc1ccc(Cl)c(Cl)c1)C(N)=O. The molecule has 0 saturated carbocycles. The van der Waals surface area contributed by atoms with Crippen LogP contribution in [0.5, 0.6) is 0 Å². The molecule has 0 aliphatic heterocycles. The number of nitrogens with zero attached hydrogens (tertiary/aromatic N) is 1. The highest BCUT2D eigenvalue weighted by molar-refractivity contribution is 6.42. The first-order chi connectivity index (χ1) is 7.41. The van der Waals surface area contributed by atoms with E-state index in [0.29, 0.717) is 16.6 Å². The summed E-state index contributed by atoms with van der Waals surface area (Å²) in [7, 11) is 0. The lowest BCUT2D eigenvalue weighted by Crippen LogP contribution is -2.40. The van der Waals surface area contributed by atoms with Crippen molar-refractivity contribution in [2.24, 2.45) is 5.73 Å². The smallest absolute Gasteiger partial charge is 0.315 e. The van der Waals surface area contributed by atoms with Crippen LogP contribution >= 0.6 is 23.2 Å². The van der Waals surface area contributed by atoms with Gasteiger partial charge in [0, 0.05) is 12.6 Å². The van der Waals surface area contributed by atoms with Crippen molar-refractivity contribution in [2.45, 2.75) is 26.4 Å². The predicted octanol–water partition coefficient (Wildman–Crippen LogP) is 3.28. The molecule has 0 unspecified atom stereocenters. The Morgan fingerprint density at radius 3 is 2.44 bits per heavy atom. The number of hydrogen-bond acceptors (Lipinski definition) is 1. The van der Waals surface area contributed by atoms with Gasteiger partial charge in [0.05, 0.1) is 10.0 Å². The maximum Gasteiger partial charge on any atom is 0.315 e. The summed E-state index contributed by atoms with van der Waals surface area (Å²) in [6.07, 6.45) is 0. The maximum absolute atomic E-state index is 11.2. The lowest BCUT2D eigenvalue weighted by Gasteiger charge is -2.24. The summed E-state index contributed by atoms with van der Waals surface area (Å²) in [6, 6.07) is 4.88. The zero-order valence-electron chi connectivity index (χ0n) is 9.21. The molecule has 88 valence electrons. The normalized spacial score (nSPS) is 10.6. The monoisotopic (exact) mass is 260 g/mol. The van der Waals surface area contributed by atoms with E-state index >= 15 is 0 Å². The van der Waals surface area contributed by atoms with Crippen LogP contribution in [0, 0.1) is 0 Å². The molecule has 0 bridgehead atoms. The fourth-order valence-corrected chi connectivity index (χ4v) is 1.67. The lowest BCUT2D eigenvalue weighted by atomic mass is 10.2. The van der Waals surface area contributed by atoms with Crippen molar-refractivity contribution < 1.29 is 4.79 Å². The van der Waals surface area contributed by atoms with E-state index in [1.165, 1.54) is 0 Å². The Kier molecular flexibility index (Phi) is 4.44. The molecule has 0 radical (unpaired) electrons. The van der Waals surface area contributed by atoms with Crippen LogP contribution in [0.2, 0.25) is 10.0 Å². The van der Waals surface area contributed by atoms with Gasteiger partial charge < -0.3 is 10.6 Å². The number of carbonyl (C=O) groups is 1. The van der Waals surface area contributed by atoms with E-state index in [1.807, 2.05) is 19.9 Å².